The van der Waals surface area contributed by atoms with Crippen LogP contribution in [0.4, 0.5) is 11.4 Å². The minimum atomic E-state index is -0.403. The van der Waals surface area contributed by atoms with E-state index in [4.69, 9.17) is 4.42 Å². The summed E-state index contributed by atoms with van der Waals surface area (Å²) in [6.45, 7) is 1.98. The summed E-state index contributed by atoms with van der Waals surface area (Å²) < 4.78 is 5.80. The van der Waals surface area contributed by atoms with E-state index in [-0.39, 0.29) is 11.7 Å². The number of fused-ring (bicyclic) bond motifs is 1. The van der Waals surface area contributed by atoms with E-state index in [1.807, 2.05) is 67.6 Å². The van der Waals surface area contributed by atoms with Crippen LogP contribution in [0.3, 0.4) is 0 Å². The Labute approximate surface area is 181 Å². The van der Waals surface area contributed by atoms with E-state index in [1.54, 1.807) is 6.07 Å². The normalized spacial score (nSPS) is 10.7. The number of amides is 2. The molecule has 0 bridgehead atoms. The summed E-state index contributed by atoms with van der Waals surface area (Å²) >= 11 is 0. The van der Waals surface area contributed by atoms with Gasteiger partial charge in [-0.3, -0.25) is 9.59 Å². The van der Waals surface area contributed by atoms with Gasteiger partial charge in [0.2, 0.25) is 11.7 Å². The zero-order valence-corrected chi connectivity index (χ0v) is 17.4. The van der Waals surface area contributed by atoms with Gasteiger partial charge in [-0.25, -0.2) is 0 Å². The second-order valence-electron chi connectivity index (χ2n) is 7.51. The fourth-order valence-corrected chi connectivity index (χ4v) is 3.45. The molecule has 1 heterocycles. The Morgan fingerprint density at radius 2 is 1.55 bits per heavy atom. The Morgan fingerprint density at radius 1 is 0.839 bits per heavy atom. The third-order valence-corrected chi connectivity index (χ3v) is 5.09. The molecule has 0 saturated carbocycles. The van der Waals surface area contributed by atoms with E-state index in [2.05, 4.69) is 22.8 Å². The summed E-state index contributed by atoms with van der Waals surface area (Å²) in [5.41, 5.74) is 3.92. The molecule has 0 atom stereocenters. The highest BCUT2D eigenvalue weighted by atomic mass is 16.3. The molecule has 4 rings (SSSR count). The van der Waals surface area contributed by atoms with Crippen LogP contribution in [-0.4, -0.2) is 11.8 Å². The average molecular weight is 412 g/mol. The Bertz CT molecular complexity index is 1190. The lowest BCUT2D eigenvalue weighted by Crippen LogP contribution is -2.17. The largest absolute Gasteiger partial charge is 0.449 e. The molecule has 0 aliphatic heterocycles. The van der Waals surface area contributed by atoms with Gasteiger partial charge in [-0.1, -0.05) is 60.2 Å². The fraction of sp³-hybridized carbons (Fsp3) is 0.154. The van der Waals surface area contributed by atoms with Crippen molar-refractivity contribution in [3.63, 3.8) is 0 Å². The zero-order chi connectivity index (χ0) is 21.6. The molecule has 0 radical (unpaired) electrons. The molecule has 31 heavy (non-hydrogen) atoms. The van der Waals surface area contributed by atoms with E-state index in [0.717, 1.165) is 18.4 Å². The van der Waals surface area contributed by atoms with Crippen LogP contribution in [0.1, 0.15) is 34.5 Å². The van der Waals surface area contributed by atoms with Crippen molar-refractivity contribution in [1.29, 1.82) is 0 Å². The highest BCUT2D eigenvalue weighted by Gasteiger charge is 2.22. The third-order valence-electron chi connectivity index (χ3n) is 5.09. The first-order valence-electron chi connectivity index (χ1n) is 10.3. The van der Waals surface area contributed by atoms with Crippen molar-refractivity contribution in [2.75, 3.05) is 10.6 Å². The summed E-state index contributed by atoms with van der Waals surface area (Å²) in [6, 6.07) is 24.9. The smallest absolute Gasteiger partial charge is 0.293 e. The van der Waals surface area contributed by atoms with E-state index in [1.165, 1.54) is 5.56 Å². The van der Waals surface area contributed by atoms with Gasteiger partial charge >= 0.3 is 0 Å². The van der Waals surface area contributed by atoms with Crippen LogP contribution < -0.4 is 10.6 Å². The number of para-hydroxylation sites is 1. The Morgan fingerprint density at radius 3 is 2.32 bits per heavy atom. The molecule has 5 heteroatoms. The summed E-state index contributed by atoms with van der Waals surface area (Å²) in [7, 11) is 0. The van der Waals surface area contributed by atoms with Gasteiger partial charge in [-0.05, 0) is 49.6 Å². The maximum Gasteiger partial charge on any atom is 0.293 e. The van der Waals surface area contributed by atoms with Crippen LogP contribution >= 0.6 is 0 Å². The van der Waals surface area contributed by atoms with Gasteiger partial charge in [-0.15, -0.1) is 0 Å². The predicted octanol–water partition coefficient (Wildman–Crippen LogP) is 5.95. The number of carbonyl (C=O) groups excluding carboxylic acids is 2. The van der Waals surface area contributed by atoms with Crippen molar-refractivity contribution in [3.05, 3.63) is 95.7 Å². The highest BCUT2D eigenvalue weighted by Crippen LogP contribution is 2.31. The minimum Gasteiger partial charge on any atom is -0.449 e. The van der Waals surface area contributed by atoms with Gasteiger partial charge in [0.05, 0.1) is 0 Å². The second-order valence-corrected chi connectivity index (χ2v) is 7.51. The lowest BCUT2D eigenvalue weighted by atomic mass is 10.1. The summed E-state index contributed by atoms with van der Waals surface area (Å²) in [5, 5.41) is 6.44. The molecule has 0 fully saturated rings. The number of hydrogen-bond donors (Lipinski definition) is 2. The maximum atomic E-state index is 12.9. The summed E-state index contributed by atoms with van der Waals surface area (Å²) in [6.07, 6.45) is 1.89. The molecule has 2 N–H and O–H groups in total. The highest BCUT2D eigenvalue weighted by molar-refractivity contribution is 6.14. The second kappa shape index (κ2) is 9.30. The molecule has 0 saturated heterocycles. The lowest BCUT2D eigenvalue weighted by Gasteiger charge is -2.08. The van der Waals surface area contributed by atoms with E-state index in [9.17, 15) is 9.59 Å². The summed E-state index contributed by atoms with van der Waals surface area (Å²) in [5.74, 6) is -0.454. The van der Waals surface area contributed by atoms with Gasteiger partial charge in [0, 0.05) is 17.5 Å². The predicted molar refractivity (Wildman–Crippen MR) is 123 cm³/mol. The molecule has 2 amide bonds. The SMILES string of the molecule is Cc1ccc(NC(=O)c2oc3ccccc3c2NC(=O)CCCc2ccccc2)cc1. The molecule has 0 unspecified atom stereocenters. The summed E-state index contributed by atoms with van der Waals surface area (Å²) in [4.78, 5) is 25.5. The molecule has 5 nitrogen and oxygen atoms in total. The molecule has 0 aliphatic rings. The van der Waals surface area contributed by atoms with Crippen molar-refractivity contribution in [3.8, 4) is 0 Å². The monoisotopic (exact) mass is 412 g/mol. The van der Waals surface area contributed by atoms with Crippen molar-refractivity contribution < 1.29 is 14.0 Å². The number of anilines is 2. The fourth-order valence-electron chi connectivity index (χ4n) is 3.45. The molecular weight excluding hydrogens is 388 g/mol. The molecule has 0 spiro atoms. The quantitative estimate of drug-likeness (QED) is 0.394. The van der Waals surface area contributed by atoms with Crippen molar-refractivity contribution in [1.82, 2.24) is 0 Å². The number of benzene rings is 3. The topological polar surface area (TPSA) is 71.3 Å². The lowest BCUT2D eigenvalue weighted by molar-refractivity contribution is -0.116. The number of carbonyl (C=O) groups is 2. The van der Waals surface area contributed by atoms with Gasteiger partial charge in [0.15, 0.2) is 0 Å². The maximum absolute atomic E-state index is 12.9. The van der Waals surface area contributed by atoms with Crippen molar-refractivity contribution in [2.24, 2.45) is 0 Å². The van der Waals surface area contributed by atoms with Gasteiger partial charge in [0.25, 0.3) is 5.91 Å². The standard InChI is InChI=1S/C26H24N2O3/c1-18-14-16-20(17-15-18)27-26(30)25-24(21-11-5-6-12-22(21)31-25)28-23(29)13-7-10-19-8-3-2-4-9-19/h2-6,8-9,11-12,14-17H,7,10,13H2,1H3,(H,27,30)(H,28,29). The zero-order valence-electron chi connectivity index (χ0n) is 17.4. The molecule has 0 aliphatic carbocycles. The first-order valence-corrected chi connectivity index (χ1v) is 10.3. The van der Waals surface area contributed by atoms with Crippen LogP contribution in [0.2, 0.25) is 0 Å². The Kier molecular flexibility index (Phi) is 6.13. The molecule has 4 aromatic rings. The number of hydrogen-bond acceptors (Lipinski definition) is 3. The molecule has 1 aromatic heterocycles. The molecule has 156 valence electrons. The molecule has 3 aromatic carbocycles. The molecular formula is C26H24N2O3. The van der Waals surface area contributed by atoms with E-state index >= 15 is 0 Å². The first-order chi connectivity index (χ1) is 15.1. The van der Waals surface area contributed by atoms with Gasteiger partial charge in [-0.2, -0.15) is 0 Å². The van der Waals surface area contributed by atoms with Crippen LogP contribution in [0.25, 0.3) is 11.0 Å². The van der Waals surface area contributed by atoms with Crippen LogP contribution in [0.5, 0.6) is 0 Å². The number of aryl methyl sites for hydroxylation is 2. The van der Waals surface area contributed by atoms with Crippen LogP contribution in [0, 0.1) is 6.92 Å². The Hall–Kier alpha value is -3.86. The first kappa shape index (κ1) is 20.4. The average Bonchev–Trinajstić information content (AvgIpc) is 3.15. The number of nitrogens with one attached hydrogen (secondary N) is 2. The van der Waals surface area contributed by atoms with E-state index in [0.29, 0.717) is 28.8 Å². The van der Waals surface area contributed by atoms with Crippen LogP contribution in [-0.2, 0) is 11.2 Å². The number of furan rings is 1. The van der Waals surface area contributed by atoms with Crippen molar-refractivity contribution in [2.45, 2.75) is 26.2 Å². The Balaban J connectivity index is 1.50. The van der Waals surface area contributed by atoms with Gasteiger partial charge < -0.3 is 15.1 Å². The van der Waals surface area contributed by atoms with Gasteiger partial charge in [0.1, 0.15) is 11.3 Å². The minimum absolute atomic E-state index is 0.0955. The van der Waals surface area contributed by atoms with E-state index < -0.39 is 5.91 Å². The van der Waals surface area contributed by atoms with Crippen LogP contribution in [0.15, 0.2) is 83.3 Å². The third kappa shape index (κ3) is 5.01. The number of rotatable bonds is 7. The van der Waals surface area contributed by atoms with Crippen molar-refractivity contribution >= 4 is 34.2 Å².